The summed E-state index contributed by atoms with van der Waals surface area (Å²) >= 11 is 1.42. The van der Waals surface area contributed by atoms with Gasteiger partial charge in [0, 0.05) is 36.2 Å². The summed E-state index contributed by atoms with van der Waals surface area (Å²) in [5, 5.41) is 5.77. The molecule has 16 heteroatoms. The molecule has 6 rings (SSSR count). The number of carbonyl (C=O) groups is 3. The summed E-state index contributed by atoms with van der Waals surface area (Å²) in [7, 11) is -3.72. The van der Waals surface area contributed by atoms with Gasteiger partial charge in [-0.15, -0.1) is 11.3 Å². The molecule has 2 aliphatic heterocycles. The van der Waals surface area contributed by atoms with E-state index < -0.39 is 27.8 Å². The van der Waals surface area contributed by atoms with E-state index in [2.05, 4.69) is 30.2 Å². The van der Waals surface area contributed by atoms with Gasteiger partial charge in [-0.3, -0.25) is 29.3 Å². The van der Waals surface area contributed by atoms with E-state index in [1.54, 1.807) is 37.3 Å². The predicted molar refractivity (Wildman–Crippen MR) is 188 cm³/mol. The van der Waals surface area contributed by atoms with Crippen molar-refractivity contribution in [1.82, 2.24) is 30.5 Å². The summed E-state index contributed by atoms with van der Waals surface area (Å²) in [6.45, 7) is 4.00. The minimum atomic E-state index is -3.72. The van der Waals surface area contributed by atoms with Crippen LogP contribution in [0.4, 0.5) is 16.0 Å². The second kappa shape index (κ2) is 15.0. The van der Waals surface area contributed by atoms with Crippen molar-refractivity contribution in [2.45, 2.75) is 57.5 Å². The van der Waals surface area contributed by atoms with Gasteiger partial charge < -0.3 is 11.1 Å². The van der Waals surface area contributed by atoms with Crippen LogP contribution >= 0.6 is 11.3 Å². The zero-order chi connectivity index (χ0) is 35.4. The van der Waals surface area contributed by atoms with E-state index in [0.717, 1.165) is 36.5 Å². The van der Waals surface area contributed by atoms with Crippen LogP contribution in [0, 0.1) is 5.82 Å². The molecule has 0 spiro atoms. The van der Waals surface area contributed by atoms with Gasteiger partial charge in [-0.1, -0.05) is 25.1 Å². The zero-order valence-corrected chi connectivity index (χ0v) is 28.9. The standard InChI is InChI=1S/C34H37FN8O5S2/c1-2-18-50(47,48)42-24-5-3-4-23(28(24)35)29-30(25-12-15-37-34(36)39-25)49-33(41-29)22-13-16-43(17-14-22)19-20-6-8-21(9-7-20)31(45)38-26-10-11-27(44)40-32(26)46/h3-9,12,15,22,26,42H,2,10-11,13-14,16-19H2,1H3,(H,38,45)(H2,36,37,39)(H,40,44,46). The molecule has 2 aromatic heterocycles. The summed E-state index contributed by atoms with van der Waals surface area (Å²) in [6.07, 6.45) is 4.00. The van der Waals surface area contributed by atoms with Crippen molar-refractivity contribution in [2.75, 3.05) is 29.3 Å². The Morgan fingerprint density at radius 3 is 2.54 bits per heavy atom. The highest BCUT2D eigenvalue weighted by molar-refractivity contribution is 7.92. The van der Waals surface area contributed by atoms with Gasteiger partial charge in [-0.25, -0.2) is 27.8 Å². The molecule has 262 valence electrons. The highest BCUT2D eigenvalue weighted by Gasteiger charge is 2.29. The smallest absolute Gasteiger partial charge is 0.251 e. The van der Waals surface area contributed by atoms with Crippen molar-refractivity contribution >= 4 is 50.7 Å². The third-order valence-corrected chi connectivity index (χ3v) is 11.4. The largest absolute Gasteiger partial charge is 0.368 e. The maximum absolute atomic E-state index is 15.9. The zero-order valence-electron chi connectivity index (χ0n) is 27.3. The van der Waals surface area contributed by atoms with E-state index in [9.17, 15) is 22.8 Å². The van der Waals surface area contributed by atoms with E-state index in [-0.39, 0.29) is 53.5 Å². The van der Waals surface area contributed by atoms with Gasteiger partial charge in [0.25, 0.3) is 5.91 Å². The number of benzene rings is 2. The van der Waals surface area contributed by atoms with Gasteiger partial charge in [0.2, 0.25) is 27.8 Å². The number of nitrogens with zero attached hydrogens (tertiary/aromatic N) is 4. The Balaban J connectivity index is 1.14. The van der Waals surface area contributed by atoms with Crippen molar-refractivity contribution in [1.29, 1.82) is 0 Å². The number of hydrogen-bond acceptors (Lipinski definition) is 11. The lowest BCUT2D eigenvalue weighted by atomic mass is 9.97. The number of piperidine rings is 2. The number of nitrogens with one attached hydrogen (secondary N) is 3. The normalized spacial score (nSPS) is 17.4. The second-order valence-electron chi connectivity index (χ2n) is 12.3. The second-order valence-corrected chi connectivity index (χ2v) is 15.2. The van der Waals surface area contributed by atoms with Gasteiger partial charge >= 0.3 is 0 Å². The van der Waals surface area contributed by atoms with Crippen LogP contribution in [-0.2, 0) is 26.2 Å². The highest BCUT2D eigenvalue weighted by Crippen LogP contribution is 2.42. The summed E-state index contributed by atoms with van der Waals surface area (Å²) in [5.74, 6) is -1.87. The van der Waals surface area contributed by atoms with E-state index in [1.807, 2.05) is 12.1 Å². The number of sulfonamides is 1. The molecule has 2 aliphatic rings. The Bertz CT molecular complexity index is 2010. The molecular formula is C34H37FN8O5S2. The molecule has 50 heavy (non-hydrogen) atoms. The number of halogens is 1. The van der Waals surface area contributed by atoms with Crippen LogP contribution in [0.3, 0.4) is 0 Å². The minimum Gasteiger partial charge on any atom is -0.368 e. The van der Waals surface area contributed by atoms with Crippen molar-refractivity contribution in [2.24, 2.45) is 0 Å². The van der Waals surface area contributed by atoms with Crippen LogP contribution < -0.4 is 21.1 Å². The Kier molecular flexibility index (Phi) is 10.5. The Morgan fingerprint density at radius 1 is 1.08 bits per heavy atom. The fourth-order valence-corrected chi connectivity index (χ4v) is 8.43. The number of nitrogens with two attached hydrogens (primary N) is 1. The Morgan fingerprint density at radius 2 is 1.84 bits per heavy atom. The molecule has 5 N–H and O–H groups in total. The summed E-state index contributed by atoms with van der Waals surface area (Å²) in [5.41, 5.74) is 8.23. The Hall–Kier alpha value is -4.80. The number of nitrogen functional groups attached to an aromatic ring is 1. The first-order valence-corrected chi connectivity index (χ1v) is 18.8. The number of anilines is 2. The third kappa shape index (κ3) is 8.14. The SMILES string of the molecule is CCCS(=O)(=O)Nc1cccc(-c2nc(C3CCN(Cc4ccc(C(=O)NC5CCC(=O)NC5=O)cc4)CC3)sc2-c2ccnc(N)n2)c1F. The number of rotatable bonds is 11. The van der Waals surface area contributed by atoms with Gasteiger partial charge in [0.1, 0.15) is 6.04 Å². The maximum Gasteiger partial charge on any atom is 0.251 e. The molecule has 1 atom stereocenters. The molecule has 2 saturated heterocycles. The third-order valence-electron chi connectivity index (χ3n) is 8.65. The van der Waals surface area contributed by atoms with Crippen molar-refractivity contribution in [3.8, 4) is 21.8 Å². The van der Waals surface area contributed by atoms with E-state index in [0.29, 0.717) is 34.8 Å². The van der Waals surface area contributed by atoms with Crippen molar-refractivity contribution in [3.05, 3.63) is 76.7 Å². The van der Waals surface area contributed by atoms with Crippen LogP contribution in [0.5, 0.6) is 0 Å². The average molecular weight is 721 g/mol. The van der Waals surface area contributed by atoms with Gasteiger partial charge in [0.05, 0.1) is 32.7 Å². The molecule has 13 nitrogen and oxygen atoms in total. The molecule has 4 heterocycles. The van der Waals surface area contributed by atoms with E-state index in [4.69, 9.17) is 10.7 Å². The van der Waals surface area contributed by atoms with Gasteiger partial charge in [-0.2, -0.15) is 0 Å². The first kappa shape index (κ1) is 35.0. The number of thiazole rings is 1. The highest BCUT2D eigenvalue weighted by atomic mass is 32.2. The van der Waals surface area contributed by atoms with Crippen LogP contribution in [0.2, 0.25) is 0 Å². The topological polar surface area (TPSA) is 189 Å². The number of likely N-dealkylation sites (tertiary alicyclic amines) is 1. The fourth-order valence-electron chi connectivity index (χ4n) is 6.08. The molecule has 2 fully saturated rings. The predicted octanol–water partition coefficient (Wildman–Crippen LogP) is 4.05. The van der Waals surface area contributed by atoms with Gasteiger partial charge in [0.15, 0.2) is 5.82 Å². The molecule has 3 amide bonds. The number of hydrogen-bond donors (Lipinski definition) is 4. The molecule has 0 saturated carbocycles. The van der Waals surface area contributed by atoms with E-state index >= 15 is 4.39 Å². The molecule has 1 unspecified atom stereocenters. The lowest BCUT2D eigenvalue weighted by Crippen LogP contribution is -2.52. The monoisotopic (exact) mass is 720 g/mol. The summed E-state index contributed by atoms with van der Waals surface area (Å²) in [6, 6.07) is 12.8. The molecule has 4 aromatic rings. The molecule has 0 aliphatic carbocycles. The average Bonchev–Trinajstić information content (AvgIpc) is 3.53. The van der Waals surface area contributed by atoms with Gasteiger partial charge in [-0.05, 0) is 74.7 Å². The first-order valence-electron chi connectivity index (χ1n) is 16.3. The van der Waals surface area contributed by atoms with Crippen LogP contribution in [-0.4, -0.2) is 70.9 Å². The van der Waals surface area contributed by atoms with Crippen molar-refractivity contribution in [3.63, 3.8) is 0 Å². The Labute approximate surface area is 293 Å². The molecule has 0 bridgehead atoms. The summed E-state index contributed by atoms with van der Waals surface area (Å²) < 4.78 is 43.2. The van der Waals surface area contributed by atoms with Crippen LogP contribution in [0.15, 0.2) is 54.7 Å². The molecule has 0 radical (unpaired) electrons. The van der Waals surface area contributed by atoms with Crippen LogP contribution in [0.1, 0.15) is 65.9 Å². The minimum absolute atomic E-state index is 0.0706. The molecule has 2 aromatic carbocycles. The lowest BCUT2D eigenvalue weighted by molar-refractivity contribution is -0.134. The number of imide groups is 1. The fraction of sp³-hybridized carbons (Fsp3) is 0.353. The summed E-state index contributed by atoms with van der Waals surface area (Å²) in [4.78, 5) is 52.3. The number of carbonyl (C=O) groups excluding carboxylic acids is 3. The van der Waals surface area contributed by atoms with Crippen molar-refractivity contribution < 1.29 is 27.2 Å². The van der Waals surface area contributed by atoms with Crippen LogP contribution in [0.25, 0.3) is 21.8 Å². The lowest BCUT2D eigenvalue weighted by Gasteiger charge is -2.31. The first-order chi connectivity index (χ1) is 24.0. The quantitative estimate of drug-likeness (QED) is 0.165. The molecular weight excluding hydrogens is 684 g/mol. The number of aromatic nitrogens is 3. The van der Waals surface area contributed by atoms with E-state index in [1.165, 1.54) is 23.6 Å². The maximum atomic E-state index is 15.9. The number of amides is 3.